The molecule has 0 aromatic heterocycles. The van der Waals surface area contributed by atoms with Crippen molar-refractivity contribution in [2.45, 2.75) is 213 Å². The van der Waals surface area contributed by atoms with E-state index >= 15 is 0 Å². The van der Waals surface area contributed by atoms with Gasteiger partial charge in [0.1, 0.15) is 0 Å². The highest BCUT2D eigenvalue weighted by Crippen LogP contribution is 2.13. The van der Waals surface area contributed by atoms with Gasteiger partial charge in [0, 0.05) is 12.8 Å². The molecule has 0 bridgehead atoms. The fraction of sp³-hybridized carbons (Fsp3) is 0.857. The summed E-state index contributed by atoms with van der Waals surface area (Å²) < 4.78 is 10.9. The van der Waals surface area contributed by atoms with Crippen LogP contribution in [0.5, 0.6) is 0 Å². The third kappa shape index (κ3) is 36.9. The topological polar surface area (TPSA) is 52.6 Å². The molecule has 0 heterocycles. The molecule has 4 heteroatoms. The van der Waals surface area contributed by atoms with Crippen LogP contribution < -0.4 is 0 Å². The van der Waals surface area contributed by atoms with Crippen molar-refractivity contribution < 1.29 is 19.1 Å². The minimum absolute atomic E-state index is 0.0729. The lowest BCUT2D eigenvalue weighted by Gasteiger charge is -2.12. The second-order valence-corrected chi connectivity index (χ2v) is 13.8. The van der Waals surface area contributed by atoms with Crippen LogP contribution in [0.2, 0.25) is 0 Å². The van der Waals surface area contributed by atoms with Crippen molar-refractivity contribution in [3.63, 3.8) is 0 Å². The third-order valence-electron chi connectivity index (χ3n) is 9.03. The van der Waals surface area contributed by atoms with Gasteiger partial charge in [-0.1, -0.05) is 148 Å². The Morgan fingerprint density at radius 1 is 0.435 bits per heavy atom. The minimum Gasteiger partial charge on any atom is -0.466 e. The first-order valence-corrected chi connectivity index (χ1v) is 20.2. The first-order valence-electron chi connectivity index (χ1n) is 20.2. The monoisotopic (exact) mass is 647 g/mol. The maximum Gasteiger partial charge on any atom is 0.305 e. The largest absolute Gasteiger partial charge is 0.466 e. The Balaban J connectivity index is 3.43. The molecule has 0 aliphatic carbocycles. The summed E-state index contributed by atoms with van der Waals surface area (Å²) in [7, 11) is 0. The van der Waals surface area contributed by atoms with Crippen LogP contribution >= 0.6 is 0 Å². The highest BCUT2D eigenvalue weighted by Gasteiger charge is 2.08. The molecule has 0 aromatic carbocycles. The fourth-order valence-electron chi connectivity index (χ4n) is 5.72. The van der Waals surface area contributed by atoms with E-state index in [9.17, 15) is 9.59 Å². The second-order valence-electron chi connectivity index (χ2n) is 13.8. The predicted molar refractivity (Wildman–Crippen MR) is 199 cm³/mol. The maximum absolute atomic E-state index is 12.0. The number of carbonyl (C=O) groups is 2. The van der Waals surface area contributed by atoms with Gasteiger partial charge in [0.2, 0.25) is 0 Å². The number of carbonyl (C=O) groups excluding carboxylic acids is 2. The Morgan fingerprint density at radius 3 is 1.04 bits per heavy atom. The molecule has 0 spiro atoms. The number of unbranched alkanes of at least 4 members (excludes halogenated alkanes) is 22. The molecule has 0 saturated heterocycles. The van der Waals surface area contributed by atoms with Gasteiger partial charge in [-0.25, -0.2) is 0 Å². The zero-order valence-corrected chi connectivity index (χ0v) is 31.1. The highest BCUT2D eigenvalue weighted by molar-refractivity contribution is 5.69. The molecule has 0 atom stereocenters. The molecule has 270 valence electrons. The normalized spacial score (nSPS) is 12.3. The maximum atomic E-state index is 12.0. The van der Waals surface area contributed by atoms with E-state index in [2.05, 4.69) is 45.1 Å². The van der Waals surface area contributed by atoms with Gasteiger partial charge in [0.05, 0.1) is 13.2 Å². The Labute approximate surface area is 287 Å². The van der Waals surface area contributed by atoms with Crippen molar-refractivity contribution in [2.24, 2.45) is 5.92 Å². The van der Waals surface area contributed by atoms with Gasteiger partial charge in [0.25, 0.3) is 0 Å². The van der Waals surface area contributed by atoms with Gasteiger partial charge >= 0.3 is 11.9 Å². The van der Waals surface area contributed by atoms with E-state index in [1.807, 2.05) is 0 Å². The molecule has 0 unspecified atom stereocenters. The first-order chi connectivity index (χ1) is 22.6. The molecule has 0 aromatic rings. The molecule has 0 amide bonds. The standard InChI is InChI=1S/C42H78O4/c1-4-6-8-10-12-14-16-18-20-22-24-26-28-30-32-34-41(43)45-38-36-40(3)37-39-46-42(44)35-33-31-29-27-25-23-21-19-17-15-13-11-9-7-5-2/h18-21,40H,4-17,22-39H2,1-3H3. The van der Waals surface area contributed by atoms with Gasteiger partial charge in [-0.15, -0.1) is 0 Å². The van der Waals surface area contributed by atoms with Crippen LogP contribution in [0, 0.1) is 5.92 Å². The summed E-state index contributed by atoms with van der Waals surface area (Å²) in [4.78, 5) is 24.1. The van der Waals surface area contributed by atoms with Gasteiger partial charge in [-0.3, -0.25) is 9.59 Å². The lowest BCUT2D eigenvalue weighted by molar-refractivity contribution is -0.144. The molecule has 0 saturated carbocycles. The number of esters is 2. The summed E-state index contributed by atoms with van der Waals surface area (Å²) >= 11 is 0. The second kappa shape index (κ2) is 37.9. The lowest BCUT2D eigenvalue weighted by atomic mass is 10.1. The van der Waals surface area contributed by atoms with Gasteiger partial charge < -0.3 is 9.47 Å². The zero-order chi connectivity index (χ0) is 33.6. The van der Waals surface area contributed by atoms with Crippen LogP contribution in [0.1, 0.15) is 213 Å². The molecule has 0 radical (unpaired) electrons. The number of hydrogen-bond donors (Lipinski definition) is 0. The average molecular weight is 647 g/mol. The van der Waals surface area contributed by atoms with Crippen molar-refractivity contribution in [2.75, 3.05) is 13.2 Å². The summed E-state index contributed by atoms with van der Waals surface area (Å²) in [5, 5.41) is 0. The van der Waals surface area contributed by atoms with E-state index < -0.39 is 0 Å². The van der Waals surface area contributed by atoms with Gasteiger partial charge in [-0.2, -0.15) is 0 Å². The Morgan fingerprint density at radius 2 is 0.717 bits per heavy atom. The number of ether oxygens (including phenoxy) is 2. The van der Waals surface area contributed by atoms with Crippen molar-refractivity contribution in [1.82, 2.24) is 0 Å². The highest BCUT2D eigenvalue weighted by atomic mass is 16.5. The summed E-state index contributed by atoms with van der Waals surface area (Å²) in [5.41, 5.74) is 0. The quantitative estimate of drug-likeness (QED) is 0.0386. The van der Waals surface area contributed by atoms with Crippen LogP contribution in [0.3, 0.4) is 0 Å². The van der Waals surface area contributed by atoms with Crippen LogP contribution in [-0.4, -0.2) is 25.2 Å². The SMILES string of the molecule is CCCCCCCCC=CCCCCCCCC(=O)OCCC(C)CCOC(=O)CCCCCCCC=CCCCCCCCC. The van der Waals surface area contributed by atoms with E-state index in [1.165, 1.54) is 141 Å². The fourth-order valence-corrected chi connectivity index (χ4v) is 5.72. The van der Waals surface area contributed by atoms with Crippen LogP contribution in [-0.2, 0) is 19.1 Å². The number of rotatable bonds is 36. The molecule has 0 fully saturated rings. The summed E-state index contributed by atoms with van der Waals surface area (Å²) in [6, 6.07) is 0. The average Bonchev–Trinajstić information content (AvgIpc) is 3.04. The van der Waals surface area contributed by atoms with E-state index in [0.29, 0.717) is 32.0 Å². The molecular formula is C42H78O4. The molecule has 4 nitrogen and oxygen atoms in total. The molecule has 0 aliphatic rings. The predicted octanol–water partition coefficient (Wildman–Crippen LogP) is 13.6. The van der Waals surface area contributed by atoms with Gasteiger partial charge in [-0.05, 0) is 83.0 Å². The summed E-state index contributed by atoms with van der Waals surface area (Å²) in [6.07, 6.45) is 44.9. The lowest BCUT2D eigenvalue weighted by Crippen LogP contribution is -2.11. The van der Waals surface area contributed by atoms with Crippen molar-refractivity contribution in [3.8, 4) is 0 Å². The molecular weight excluding hydrogens is 568 g/mol. The summed E-state index contributed by atoms with van der Waals surface area (Å²) in [5.74, 6) is 0.229. The third-order valence-corrected chi connectivity index (χ3v) is 9.03. The summed E-state index contributed by atoms with van der Waals surface area (Å²) in [6.45, 7) is 7.60. The van der Waals surface area contributed by atoms with E-state index in [4.69, 9.17) is 9.47 Å². The van der Waals surface area contributed by atoms with Crippen LogP contribution in [0.25, 0.3) is 0 Å². The number of allylic oxidation sites excluding steroid dienone is 4. The van der Waals surface area contributed by atoms with E-state index in [0.717, 1.165) is 38.5 Å². The Bertz CT molecular complexity index is 640. The van der Waals surface area contributed by atoms with Crippen molar-refractivity contribution in [1.29, 1.82) is 0 Å². The van der Waals surface area contributed by atoms with E-state index in [1.54, 1.807) is 0 Å². The Kier molecular flexibility index (Phi) is 36.6. The van der Waals surface area contributed by atoms with E-state index in [-0.39, 0.29) is 11.9 Å². The first kappa shape index (κ1) is 44.4. The molecule has 0 rings (SSSR count). The minimum atomic E-state index is -0.0729. The molecule has 0 aliphatic heterocycles. The van der Waals surface area contributed by atoms with Gasteiger partial charge in [0.15, 0.2) is 0 Å². The number of hydrogen-bond acceptors (Lipinski definition) is 4. The molecule has 46 heavy (non-hydrogen) atoms. The Hall–Kier alpha value is -1.58. The smallest absolute Gasteiger partial charge is 0.305 e. The van der Waals surface area contributed by atoms with Crippen LogP contribution in [0.15, 0.2) is 24.3 Å². The zero-order valence-electron chi connectivity index (χ0n) is 31.1. The van der Waals surface area contributed by atoms with Crippen LogP contribution in [0.4, 0.5) is 0 Å². The van der Waals surface area contributed by atoms with Crippen molar-refractivity contribution in [3.05, 3.63) is 24.3 Å². The van der Waals surface area contributed by atoms with Crippen molar-refractivity contribution >= 4 is 11.9 Å². The molecule has 0 N–H and O–H groups in total.